The first kappa shape index (κ1) is 16.8. The number of aryl methyl sites for hydroxylation is 1. The Kier molecular flexibility index (Phi) is 4.33. The molecule has 2 aromatic carbocycles. The zero-order chi connectivity index (χ0) is 18.8. The highest BCUT2D eigenvalue weighted by Gasteiger charge is 2.16. The number of para-hydroxylation sites is 1. The lowest BCUT2D eigenvalue weighted by molar-refractivity contribution is 0.0439. The molecule has 0 fully saturated rings. The first-order valence-corrected chi connectivity index (χ1v) is 8.22. The smallest absolute Gasteiger partial charge is 0.339 e. The van der Waals surface area contributed by atoms with E-state index < -0.39 is 5.97 Å². The first-order valence-electron chi connectivity index (χ1n) is 8.22. The second-order valence-electron chi connectivity index (χ2n) is 5.87. The Morgan fingerprint density at radius 2 is 1.89 bits per heavy atom. The van der Waals surface area contributed by atoms with Gasteiger partial charge in [-0.1, -0.05) is 18.2 Å². The molecule has 0 N–H and O–H groups in total. The van der Waals surface area contributed by atoms with Gasteiger partial charge in [0.1, 0.15) is 5.82 Å². The van der Waals surface area contributed by atoms with Gasteiger partial charge < -0.3 is 9.15 Å². The summed E-state index contributed by atoms with van der Waals surface area (Å²) < 4.78 is 23.7. The van der Waals surface area contributed by atoms with E-state index in [9.17, 15) is 9.18 Å². The summed E-state index contributed by atoms with van der Waals surface area (Å²) in [6.45, 7) is 1.53. The predicted molar refractivity (Wildman–Crippen MR) is 95.3 cm³/mol. The van der Waals surface area contributed by atoms with Crippen LogP contribution in [0.2, 0.25) is 0 Å². The number of aromatic nitrogens is 3. The Labute approximate surface area is 153 Å². The molecule has 0 atom stereocenters. The van der Waals surface area contributed by atoms with E-state index in [4.69, 9.17) is 9.15 Å². The fraction of sp³-hybridized carbons (Fsp3) is 0.100. The van der Waals surface area contributed by atoms with Crippen molar-refractivity contribution in [3.8, 4) is 11.3 Å². The first-order chi connectivity index (χ1) is 13.1. The molecule has 0 unspecified atom stereocenters. The van der Waals surface area contributed by atoms with Crippen LogP contribution in [0.1, 0.15) is 22.1 Å². The quantitative estimate of drug-likeness (QED) is 0.508. The Hall–Kier alpha value is -3.61. The number of halogens is 1. The Morgan fingerprint density at radius 3 is 2.63 bits per heavy atom. The molecule has 4 aromatic rings. The number of carbonyl (C=O) groups excluding carboxylic acids is 1. The summed E-state index contributed by atoms with van der Waals surface area (Å²) in [7, 11) is 0. The van der Waals surface area contributed by atoms with Gasteiger partial charge in [-0.3, -0.25) is 0 Å². The highest BCUT2D eigenvalue weighted by atomic mass is 19.1. The monoisotopic (exact) mass is 363 g/mol. The standard InChI is InChI=1S/C20H14FN3O3/c1-12-23-24-19(27-12)11-26-20(25)16-10-18(13-6-8-14(21)9-7-13)22-17-5-3-2-4-15(16)17/h2-10H,11H2,1H3. The molecule has 7 heteroatoms. The maximum atomic E-state index is 13.2. The van der Waals surface area contributed by atoms with Crippen LogP contribution >= 0.6 is 0 Å². The molecule has 27 heavy (non-hydrogen) atoms. The average Bonchev–Trinajstić information content (AvgIpc) is 3.11. The molecular weight excluding hydrogens is 349 g/mol. The van der Waals surface area contributed by atoms with Gasteiger partial charge in [0.25, 0.3) is 5.89 Å². The van der Waals surface area contributed by atoms with Crippen molar-refractivity contribution >= 4 is 16.9 Å². The van der Waals surface area contributed by atoms with Crippen LogP contribution in [0.4, 0.5) is 4.39 Å². The van der Waals surface area contributed by atoms with Crippen LogP contribution in [0.5, 0.6) is 0 Å². The van der Waals surface area contributed by atoms with Crippen molar-refractivity contribution in [2.24, 2.45) is 0 Å². The zero-order valence-corrected chi connectivity index (χ0v) is 14.3. The number of benzene rings is 2. The number of rotatable bonds is 4. The third-order valence-corrected chi connectivity index (χ3v) is 3.97. The maximum absolute atomic E-state index is 13.2. The third-order valence-electron chi connectivity index (χ3n) is 3.97. The number of ether oxygens (including phenoxy) is 1. The van der Waals surface area contributed by atoms with Crippen LogP contribution in [0, 0.1) is 12.7 Å². The number of hydrogen-bond acceptors (Lipinski definition) is 6. The fourth-order valence-corrected chi connectivity index (χ4v) is 2.71. The summed E-state index contributed by atoms with van der Waals surface area (Å²) in [5.74, 6) is -0.256. The number of pyridine rings is 1. The van der Waals surface area contributed by atoms with Crippen LogP contribution in [-0.2, 0) is 11.3 Å². The number of esters is 1. The van der Waals surface area contributed by atoms with Crippen molar-refractivity contribution in [3.63, 3.8) is 0 Å². The highest BCUT2D eigenvalue weighted by molar-refractivity contribution is 6.04. The van der Waals surface area contributed by atoms with Crippen LogP contribution < -0.4 is 0 Å². The summed E-state index contributed by atoms with van der Waals surface area (Å²) in [6, 6.07) is 14.8. The molecule has 0 aliphatic heterocycles. The number of fused-ring (bicyclic) bond motifs is 1. The minimum Gasteiger partial charge on any atom is -0.452 e. The summed E-state index contributed by atoms with van der Waals surface area (Å²) >= 11 is 0. The van der Waals surface area contributed by atoms with E-state index in [0.717, 1.165) is 0 Å². The van der Waals surface area contributed by atoms with Crippen LogP contribution in [0.15, 0.2) is 59.0 Å². The Morgan fingerprint density at radius 1 is 1.11 bits per heavy atom. The molecule has 0 spiro atoms. The van der Waals surface area contributed by atoms with Crippen LogP contribution in [0.25, 0.3) is 22.2 Å². The lowest BCUT2D eigenvalue weighted by Gasteiger charge is -2.09. The molecule has 0 aliphatic carbocycles. The van der Waals surface area contributed by atoms with Crippen molar-refractivity contribution < 1.29 is 18.3 Å². The van der Waals surface area contributed by atoms with Gasteiger partial charge in [-0.15, -0.1) is 10.2 Å². The topological polar surface area (TPSA) is 78.1 Å². The third kappa shape index (κ3) is 3.52. The molecule has 2 aromatic heterocycles. The molecular formula is C20H14FN3O3. The van der Waals surface area contributed by atoms with Crippen molar-refractivity contribution in [2.75, 3.05) is 0 Å². The average molecular weight is 363 g/mol. The molecule has 0 amide bonds. The summed E-state index contributed by atoms with van der Waals surface area (Å²) in [6.07, 6.45) is 0. The lowest BCUT2D eigenvalue weighted by Crippen LogP contribution is -2.07. The molecule has 0 saturated heterocycles. The highest BCUT2D eigenvalue weighted by Crippen LogP contribution is 2.26. The molecule has 0 bridgehead atoms. The van der Waals surface area contributed by atoms with Crippen molar-refractivity contribution in [2.45, 2.75) is 13.5 Å². The van der Waals surface area contributed by atoms with Gasteiger partial charge in [-0.2, -0.15) is 0 Å². The SMILES string of the molecule is Cc1nnc(COC(=O)c2cc(-c3ccc(F)cc3)nc3ccccc23)o1. The molecule has 0 aliphatic rings. The lowest BCUT2D eigenvalue weighted by atomic mass is 10.0. The number of nitrogens with zero attached hydrogens (tertiary/aromatic N) is 3. The minimum atomic E-state index is -0.534. The molecule has 0 saturated carbocycles. The predicted octanol–water partition coefficient (Wildman–Crippen LogP) is 4.09. The molecule has 4 rings (SSSR count). The molecule has 0 radical (unpaired) electrons. The maximum Gasteiger partial charge on any atom is 0.339 e. The number of carbonyl (C=O) groups is 1. The van der Waals surface area contributed by atoms with Crippen LogP contribution in [0.3, 0.4) is 0 Å². The van der Waals surface area contributed by atoms with Gasteiger partial charge in [-0.05, 0) is 36.4 Å². The normalized spacial score (nSPS) is 10.9. The van der Waals surface area contributed by atoms with E-state index in [1.165, 1.54) is 12.1 Å². The molecule has 6 nitrogen and oxygen atoms in total. The number of hydrogen-bond donors (Lipinski definition) is 0. The second kappa shape index (κ2) is 6.95. The van der Waals surface area contributed by atoms with Crippen LogP contribution in [-0.4, -0.2) is 21.2 Å². The van der Waals surface area contributed by atoms with Gasteiger partial charge >= 0.3 is 5.97 Å². The van der Waals surface area contributed by atoms with E-state index >= 15 is 0 Å². The second-order valence-corrected chi connectivity index (χ2v) is 5.87. The van der Waals surface area contributed by atoms with Crippen molar-refractivity contribution in [1.29, 1.82) is 0 Å². The minimum absolute atomic E-state index is 0.123. The van der Waals surface area contributed by atoms with Gasteiger partial charge in [-0.25, -0.2) is 14.2 Å². The fourth-order valence-electron chi connectivity index (χ4n) is 2.71. The molecule has 134 valence electrons. The Balaban J connectivity index is 1.71. The summed E-state index contributed by atoms with van der Waals surface area (Å²) in [5.41, 5.74) is 2.24. The van der Waals surface area contributed by atoms with E-state index in [1.54, 1.807) is 37.3 Å². The zero-order valence-electron chi connectivity index (χ0n) is 14.3. The van der Waals surface area contributed by atoms with E-state index in [-0.39, 0.29) is 18.3 Å². The van der Waals surface area contributed by atoms with Crippen molar-refractivity contribution in [1.82, 2.24) is 15.2 Å². The van der Waals surface area contributed by atoms with Gasteiger partial charge in [0.2, 0.25) is 5.89 Å². The Bertz CT molecular complexity index is 1120. The van der Waals surface area contributed by atoms with E-state index in [2.05, 4.69) is 15.2 Å². The van der Waals surface area contributed by atoms with E-state index in [1.807, 2.05) is 12.1 Å². The largest absolute Gasteiger partial charge is 0.452 e. The van der Waals surface area contributed by atoms with E-state index in [0.29, 0.717) is 33.6 Å². The van der Waals surface area contributed by atoms with Crippen molar-refractivity contribution in [3.05, 3.63) is 77.8 Å². The van der Waals surface area contributed by atoms with Gasteiger partial charge in [0.15, 0.2) is 6.61 Å². The summed E-state index contributed by atoms with van der Waals surface area (Å²) in [5, 5.41) is 8.17. The summed E-state index contributed by atoms with van der Waals surface area (Å²) in [4.78, 5) is 17.2. The van der Waals surface area contributed by atoms with Gasteiger partial charge in [0, 0.05) is 17.9 Å². The van der Waals surface area contributed by atoms with Gasteiger partial charge in [0.05, 0.1) is 16.8 Å². The molecule has 2 heterocycles.